The van der Waals surface area contributed by atoms with Crippen molar-refractivity contribution in [3.8, 4) is 0 Å². The molecule has 2 heterocycles. The van der Waals surface area contributed by atoms with E-state index in [2.05, 4.69) is 38.0 Å². The lowest BCUT2D eigenvalue weighted by molar-refractivity contribution is 0.230. The average molecular weight is 242 g/mol. The number of hydrogen-bond acceptors (Lipinski definition) is 2. The molecule has 2 aliphatic rings. The van der Waals surface area contributed by atoms with Gasteiger partial charge >= 0.3 is 0 Å². The highest BCUT2D eigenvalue weighted by atomic mass is 15.1. The van der Waals surface area contributed by atoms with Gasteiger partial charge in [0.05, 0.1) is 0 Å². The van der Waals surface area contributed by atoms with Crippen molar-refractivity contribution >= 4 is 0 Å². The molecule has 2 nitrogen and oxygen atoms in total. The molecule has 104 valence electrons. The Kier molecular flexibility index (Phi) is 12.3. The lowest BCUT2D eigenvalue weighted by Crippen LogP contribution is -2.28. The van der Waals surface area contributed by atoms with Crippen LogP contribution >= 0.6 is 0 Å². The van der Waals surface area contributed by atoms with Gasteiger partial charge in [-0.25, -0.2) is 0 Å². The van der Waals surface area contributed by atoms with Crippen LogP contribution in [0.15, 0.2) is 0 Å². The number of nitrogens with zero attached hydrogens (tertiary/aromatic N) is 1. The first kappa shape index (κ1) is 16.9. The molecule has 0 aliphatic carbocycles. The third-order valence-electron chi connectivity index (χ3n) is 3.21. The molecular weight excluding hydrogens is 208 g/mol. The van der Waals surface area contributed by atoms with Gasteiger partial charge in [0.1, 0.15) is 0 Å². The van der Waals surface area contributed by atoms with Crippen LogP contribution in [0.25, 0.3) is 0 Å². The smallest absolute Gasteiger partial charge is 0.00192 e. The zero-order valence-electron chi connectivity index (χ0n) is 12.6. The topological polar surface area (TPSA) is 15.3 Å². The summed E-state index contributed by atoms with van der Waals surface area (Å²) in [4.78, 5) is 2.40. The number of hydrogen-bond donors (Lipinski definition) is 1. The lowest BCUT2D eigenvalue weighted by Gasteiger charge is -2.26. The monoisotopic (exact) mass is 242 g/mol. The molecule has 0 aromatic rings. The molecule has 0 unspecified atom stereocenters. The summed E-state index contributed by atoms with van der Waals surface area (Å²) in [5.74, 6) is 0.978. The fourth-order valence-electron chi connectivity index (χ4n) is 1.94. The first-order chi connectivity index (χ1) is 8.20. The van der Waals surface area contributed by atoms with Crippen LogP contribution in [0.2, 0.25) is 0 Å². The molecule has 2 heteroatoms. The molecule has 2 fully saturated rings. The highest BCUT2D eigenvalue weighted by Crippen LogP contribution is 2.13. The minimum Gasteiger partial charge on any atom is -0.317 e. The second-order valence-electron chi connectivity index (χ2n) is 5.50. The van der Waals surface area contributed by atoms with Crippen LogP contribution in [0.5, 0.6) is 0 Å². The van der Waals surface area contributed by atoms with Gasteiger partial charge in [-0.2, -0.15) is 0 Å². The molecule has 0 radical (unpaired) electrons. The van der Waals surface area contributed by atoms with E-state index in [1.165, 1.54) is 64.7 Å². The van der Waals surface area contributed by atoms with Crippen LogP contribution in [0, 0.1) is 5.92 Å². The van der Waals surface area contributed by atoms with Crippen molar-refractivity contribution in [2.75, 3.05) is 33.2 Å². The second kappa shape index (κ2) is 12.4. The van der Waals surface area contributed by atoms with Gasteiger partial charge in [0.2, 0.25) is 0 Å². The summed E-state index contributed by atoms with van der Waals surface area (Å²) in [6.07, 6.45) is 8.26. The van der Waals surface area contributed by atoms with Crippen molar-refractivity contribution in [3.63, 3.8) is 0 Å². The Morgan fingerprint density at radius 3 is 1.71 bits per heavy atom. The largest absolute Gasteiger partial charge is 0.317 e. The van der Waals surface area contributed by atoms with E-state index in [0.717, 1.165) is 5.92 Å². The van der Waals surface area contributed by atoms with E-state index >= 15 is 0 Å². The lowest BCUT2D eigenvalue weighted by atomic mass is 10.00. The summed E-state index contributed by atoms with van der Waals surface area (Å²) in [5.41, 5.74) is 0. The quantitative estimate of drug-likeness (QED) is 0.699. The zero-order valence-corrected chi connectivity index (χ0v) is 12.6. The molecule has 0 atom stereocenters. The number of nitrogens with one attached hydrogen (secondary N) is 1. The third kappa shape index (κ3) is 12.2. The van der Waals surface area contributed by atoms with Gasteiger partial charge in [-0.3, -0.25) is 0 Å². The Morgan fingerprint density at radius 1 is 1.00 bits per heavy atom. The SMILES string of the molecule is C1CCNCC1.CC1CCN(C)CC1.CCC. The summed E-state index contributed by atoms with van der Waals surface area (Å²) in [6, 6.07) is 0. The van der Waals surface area contributed by atoms with Crippen LogP contribution in [0.4, 0.5) is 0 Å². The highest BCUT2D eigenvalue weighted by molar-refractivity contribution is 4.65. The Bertz CT molecular complexity index is 114. The predicted octanol–water partition coefficient (Wildman–Crippen LogP) is 3.52. The standard InChI is InChI=1S/C7H15N.C5H11N.C3H8/c1-7-3-5-8(2)6-4-7;1-2-4-6-5-3-1;1-3-2/h7H,3-6H2,1-2H3;6H,1-5H2;3H2,1-2H3. The van der Waals surface area contributed by atoms with Gasteiger partial charge in [-0.05, 0) is 64.8 Å². The zero-order chi connectivity index (χ0) is 12.9. The maximum atomic E-state index is 3.28. The molecule has 0 amide bonds. The fraction of sp³-hybridized carbons (Fsp3) is 1.00. The molecule has 0 bridgehead atoms. The van der Waals surface area contributed by atoms with Gasteiger partial charge < -0.3 is 10.2 Å². The first-order valence-electron chi connectivity index (χ1n) is 7.59. The number of piperidine rings is 2. The van der Waals surface area contributed by atoms with Gasteiger partial charge in [0.25, 0.3) is 0 Å². The Hall–Kier alpha value is -0.0800. The maximum Gasteiger partial charge on any atom is -0.00192 e. The van der Waals surface area contributed by atoms with Crippen molar-refractivity contribution in [1.29, 1.82) is 0 Å². The Balaban J connectivity index is 0.000000252. The van der Waals surface area contributed by atoms with E-state index in [1.807, 2.05) is 0 Å². The normalized spacial score (nSPS) is 21.9. The summed E-state index contributed by atoms with van der Waals surface area (Å²) >= 11 is 0. The minimum absolute atomic E-state index is 0.978. The molecule has 2 aliphatic heterocycles. The summed E-state index contributed by atoms with van der Waals surface area (Å²) in [7, 11) is 2.20. The molecule has 0 saturated carbocycles. The van der Waals surface area contributed by atoms with Gasteiger partial charge in [-0.15, -0.1) is 0 Å². The molecule has 2 rings (SSSR count). The van der Waals surface area contributed by atoms with E-state index in [9.17, 15) is 0 Å². The van der Waals surface area contributed by atoms with E-state index in [4.69, 9.17) is 0 Å². The van der Waals surface area contributed by atoms with Crippen molar-refractivity contribution in [2.45, 2.75) is 59.3 Å². The third-order valence-corrected chi connectivity index (χ3v) is 3.21. The number of rotatable bonds is 0. The molecule has 0 spiro atoms. The van der Waals surface area contributed by atoms with E-state index < -0.39 is 0 Å². The second-order valence-corrected chi connectivity index (χ2v) is 5.50. The predicted molar refractivity (Wildman–Crippen MR) is 78.6 cm³/mol. The Morgan fingerprint density at radius 2 is 1.47 bits per heavy atom. The van der Waals surface area contributed by atoms with Crippen LogP contribution in [-0.4, -0.2) is 38.1 Å². The van der Waals surface area contributed by atoms with E-state index in [0.29, 0.717) is 0 Å². The average Bonchev–Trinajstić information content (AvgIpc) is 2.37. The molecule has 17 heavy (non-hydrogen) atoms. The highest BCUT2D eigenvalue weighted by Gasteiger charge is 2.10. The van der Waals surface area contributed by atoms with Crippen LogP contribution in [0.3, 0.4) is 0 Å². The van der Waals surface area contributed by atoms with Gasteiger partial charge in [-0.1, -0.05) is 33.6 Å². The number of likely N-dealkylation sites (tertiary alicyclic amines) is 1. The maximum absolute atomic E-state index is 3.28. The Labute approximate surface area is 109 Å². The summed E-state index contributed by atoms with van der Waals surface area (Å²) in [5, 5.41) is 3.28. The van der Waals surface area contributed by atoms with Crippen molar-refractivity contribution in [1.82, 2.24) is 10.2 Å². The van der Waals surface area contributed by atoms with Gasteiger partial charge in [0.15, 0.2) is 0 Å². The molecule has 2 saturated heterocycles. The first-order valence-corrected chi connectivity index (χ1v) is 7.59. The summed E-state index contributed by atoms with van der Waals surface area (Å²) < 4.78 is 0. The minimum atomic E-state index is 0.978. The van der Waals surface area contributed by atoms with Crippen LogP contribution in [-0.2, 0) is 0 Å². The van der Waals surface area contributed by atoms with Crippen molar-refractivity contribution in [2.24, 2.45) is 5.92 Å². The summed E-state index contributed by atoms with van der Waals surface area (Å²) in [6.45, 7) is 11.7. The van der Waals surface area contributed by atoms with Crippen molar-refractivity contribution < 1.29 is 0 Å². The fourth-order valence-corrected chi connectivity index (χ4v) is 1.94. The van der Waals surface area contributed by atoms with Gasteiger partial charge in [0, 0.05) is 0 Å². The molecule has 0 aromatic heterocycles. The van der Waals surface area contributed by atoms with E-state index in [1.54, 1.807) is 0 Å². The van der Waals surface area contributed by atoms with Crippen molar-refractivity contribution in [3.05, 3.63) is 0 Å². The van der Waals surface area contributed by atoms with E-state index in [-0.39, 0.29) is 0 Å². The van der Waals surface area contributed by atoms with Crippen LogP contribution in [0.1, 0.15) is 59.3 Å². The molecular formula is C15H34N2. The van der Waals surface area contributed by atoms with Crippen LogP contribution < -0.4 is 5.32 Å². The molecule has 0 aromatic carbocycles. The molecule has 1 N–H and O–H groups in total.